The van der Waals surface area contributed by atoms with Gasteiger partial charge in [-0.05, 0) is 45.0 Å². The van der Waals surface area contributed by atoms with Crippen LogP contribution in [-0.2, 0) is 4.79 Å². The molecule has 1 atom stereocenters. The van der Waals surface area contributed by atoms with Crippen molar-refractivity contribution >= 4 is 29.3 Å². The molecule has 0 saturated carbocycles. The SMILES string of the molecule is CC(Sc1ccc(Cl)cc1)C(=O)N(C)C(C)(C)CO. The highest BCUT2D eigenvalue weighted by molar-refractivity contribution is 8.00. The molecule has 0 aromatic heterocycles. The van der Waals surface area contributed by atoms with Gasteiger partial charge in [0.25, 0.3) is 0 Å². The third-order valence-corrected chi connectivity index (χ3v) is 4.45. The Labute approximate surface area is 123 Å². The minimum Gasteiger partial charge on any atom is -0.394 e. The average molecular weight is 302 g/mol. The minimum atomic E-state index is -0.550. The predicted molar refractivity (Wildman–Crippen MR) is 80.7 cm³/mol. The fourth-order valence-corrected chi connectivity index (χ4v) is 2.53. The van der Waals surface area contributed by atoms with Crippen LogP contribution < -0.4 is 0 Å². The van der Waals surface area contributed by atoms with Gasteiger partial charge >= 0.3 is 0 Å². The van der Waals surface area contributed by atoms with Gasteiger partial charge in [0, 0.05) is 17.0 Å². The molecule has 19 heavy (non-hydrogen) atoms. The molecule has 0 saturated heterocycles. The molecular weight excluding hydrogens is 282 g/mol. The first-order valence-electron chi connectivity index (χ1n) is 6.08. The van der Waals surface area contributed by atoms with Crippen molar-refractivity contribution in [2.75, 3.05) is 13.7 Å². The van der Waals surface area contributed by atoms with Crippen molar-refractivity contribution in [2.45, 2.75) is 36.5 Å². The Kier molecular flexibility index (Phi) is 5.71. The van der Waals surface area contributed by atoms with E-state index in [0.717, 1.165) is 4.90 Å². The lowest BCUT2D eigenvalue weighted by Gasteiger charge is -2.35. The van der Waals surface area contributed by atoms with E-state index in [1.54, 1.807) is 11.9 Å². The van der Waals surface area contributed by atoms with E-state index in [2.05, 4.69) is 0 Å². The van der Waals surface area contributed by atoms with E-state index in [4.69, 9.17) is 11.6 Å². The molecule has 0 spiro atoms. The second-order valence-electron chi connectivity index (χ2n) is 5.08. The number of carbonyl (C=O) groups excluding carboxylic acids is 1. The number of thioether (sulfide) groups is 1. The zero-order valence-electron chi connectivity index (χ0n) is 11.7. The second-order valence-corrected chi connectivity index (χ2v) is 6.93. The molecule has 5 heteroatoms. The molecule has 1 rings (SSSR count). The van der Waals surface area contributed by atoms with E-state index >= 15 is 0 Å². The molecule has 1 unspecified atom stereocenters. The summed E-state index contributed by atoms with van der Waals surface area (Å²) in [4.78, 5) is 14.9. The number of benzene rings is 1. The Hall–Kier alpha value is -0.710. The first kappa shape index (κ1) is 16.3. The monoisotopic (exact) mass is 301 g/mol. The molecular formula is C14H20ClNO2S. The summed E-state index contributed by atoms with van der Waals surface area (Å²) in [6.07, 6.45) is 0. The third kappa shape index (κ3) is 4.41. The van der Waals surface area contributed by atoms with E-state index in [1.807, 2.05) is 45.0 Å². The van der Waals surface area contributed by atoms with E-state index in [0.29, 0.717) is 5.02 Å². The van der Waals surface area contributed by atoms with Gasteiger partial charge in [0.15, 0.2) is 0 Å². The second kappa shape index (κ2) is 6.64. The molecule has 0 fully saturated rings. The van der Waals surface area contributed by atoms with Crippen LogP contribution in [0.5, 0.6) is 0 Å². The maximum absolute atomic E-state index is 12.3. The van der Waals surface area contributed by atoms with Crippen LogP contribution in [0.25, 0.3) is 0 Å². The summed E-state index contributed by atoms with van der Waals surface area (Å²) in [6.45, 7) is 5.48. The minimum absolute atomic E-state index is 0.000926. The molecule has 1 amide bonds. The van der Waals surface area contributed by atoms with Gasteiger partial charge in [0.05, 0.1) is 17.4 Å². The lowest BCUT2D eigenvalue weighted by Crippen LogP contribution is -2.50. The van der Waals surface area contributed by atoms with Gasteiger partial charge in [-0.1, -0.05) is 11.6 Å². The van der Waals surface area contributed by atoms with Gasteiger partial charge in [-0.25, -0.2) is 0 Å². The van der Waals surface area contributed by atoms with Gasteiger partial charge in [0.2, 0.25) is 5.91 Å². The number of halogens is 1. The summed E-state index contributed by atoms with van der Waals surface area (Å²) < 4.78 is 0. The van der Waals surface area contributed by atoms with Crippen LogP contribution in [0.3, 0.4) is 0 Å². The molecule has 0 aliphatic rings. The molecule has 0 radical (unpaired) electrons. The van der Waals surface area contributed by atoms with Crippen molar-refractivity contribution in [1.29, 1.82) is 0 Å². The summed E-state index contributed by atoms with van der Waals surface area (Å²) in [5.41, 5.74) is -0.550. The summed E-state index contributed by atoms with van der Waals surface area (Å²) in [6, 6.07) is 7.41. The number of nitrogens with zero attached hydrogens (tertiary/aromatic N) is 1. The fourth-order valence-electron chi connectivity index (χ4n) is 1.44. The number of aliphatic hydroxyl groups is 1. The van der Waals surface area contributed by atoms with E-state index in [9.17, 15) is 9.90 Å². The lowest BCUT2D eigenvalue weighted by atomic mass is 10.0. The molecule has 1 N–H and O–H groups in total. The van der Waals surface area contributed by atoms with Crippen LogP contribution in [0.4, 0.5) is 0 Å². The summed E-state index contributed by atoms with van der Waals surface area (Å²) >= 11 is 7.31. The number of aliphatic hydroxyl groups excluding tert-OH is 1. The standard InChI is InChI=1S/C14H20ClNO2S/c1-10(13(18)16(4)14(2,3)9-17)19-12-7-5-11(15)6-8-12/h5-8,10,17H,9H2,1-4H3. The molecule has 3 nitrogen and oxygen atoms in total. The highest BCUT2D eigenvalue weighted by atomic mass is 35.5. The highest BCUT2D eigenvalue weighted by Gasteiger charge is 2.30. The molecule has 0 aliphatic heterocycles. The van der Waals surface area contributed by atoms with E-state index in [1.165, 1.54) is 11.8 Å². The quantitative estimate of drug-likeness (QED) is 0.850. The number of rotatable bonds is 5. The smallest absolute Gasteiger partial charge is 0.236 e. The summed E-state index contributed by atoms with van der Waals surface area (Å²) in [7, 11) is 1.72. The topological polar surface area (TPSA) is 40.5 Å². The molecule has 0 aliphatic carbocycles. The number of hydrogen-bond donors (Lipinski definition) is 1. The maximum Gasteiger partial charge on any atom is 0.236 e. The summed E-state index contributed by atoms with van der Waals surface area (Å²) in [5, 5.41) is 9.77. The zero-order valence-corrected chi connectivity index (χ0v) is 13.3. The molecule has 1 aromatic carbocycles. The Balaban J connectivity index is 2.70. The van der Waals surface area contributed by atoms with Crippen LogP contribution in [0.2, 0.25) is 5.02 Å². The van der Waals surface area contributed by atoms with Crippen molar-refractivity contribution in [2.24, 2.45) is 0 Å². The highest BCUT2D eigenvalue weighted by Crippen LogP contribution is 2.27. The van der Waals surface area contributed by atoms with Crippen LogP contribution >= 0.6 is 23.4 Å². The van der Waals surface area contributed by atoms with Crippen LogP contribution in [-0.4, -0.2) is 40.4 Å². The van der Waals surface area contributed by atoms with Gasteiger partial charge in [-0.15, -0.1) is 11.8 Å². The van der Waals surface area contributed by atoms with E-state index < -0.39 is 5.54 Å². The molecule has 1 aromatic rings. The van der Waals surface area contributed by atoms with Crippen molar-refractivity contribution in [3.8, 4) is 0 Å². The van der Waals surface area contributed by atoms with Crippen molar-refractivity contribution in [1.82, 2.24) is 4.90 Å². The summed E-state index contributed by atoms with van der Waals surface area (Å²) in [5.74, 6) is -0.000926. The van der Waals surface area contributed by atoms with Gasteiger partial charge < -0.3 is 10.0 Å². The first-order valence-corrected chi connectivity index (χ1v) is 7.34. The van der Waals surface area contributed by atoms with Crippen molar-refractivity contribution in [3.63, 3.8) is 0 Å². The maximum atomic E-state index is 12.3. The zero-order chi connectivity index (χ0) is 14.6. The molecule has 0 heterocycles. The van der Waals surface area contributed by atoms with Crippen molar-refractivity contribution < 1.29 is 9.90 Å². The fraction of sp³-hybridized carbons (Fsp3) is 0.500. The van der Waals surface area contributed by atoms with E-state index in [-0.39, 0.29) is 17.8 Å². The predicted octanol–water partition coefficient (Wildman–Crippen LogP) is 3.05. The normalized spacial score (nSPS) is 13.2. The first-order chi connectivity index (χ1) is 8.77. The van der Waals surface area contributed by atoms with Crippen LogP contribution in [0, 0.1) is 0 Å². The average Bonchev–Trinajstić information content (AvgIpc) is 2.39. The van der Waals surface area contributed by atoms with Crippen LogP contribution in [0.15, 0.2) is 29.2 Å². The van der Waals surface area contributed by atoms with Crippen LogP contribution in [0.1, 0.15) is 20.8 Å². The number of carbonyl (C=O) groups is 1. The van der Waals surface area contributed by atoms with Gasteiger partial charge in [0.1, 0.15) is 0 Å². The molecule has 0 bridgehead atoms. The van der Waals surface area contributed by atoms with Gasteiger partial charge in [-0.2, -0.15) is 0 Å². The Morgan fingerprint density at radius 1 is 1.42 bits per heavy atom. The van der Waals surface area contributed by atoms with Crippen molar-refractivity contribution in [3.05, 3.63) is 29.3 Å². The Morgan fingerprint density at radius 2 is 1.95 bits per heavy atom. The molecule has 106 valence electrons. The Bertz CT molecular complexity index is 434. The largest absolute Gasteiger partial charge is 0.394 e. The number of hydrogen-bond acceptors (Lipinski definition) is 3. The number of amides is 1. The van der Waals surface area contributed by atoms with Gasteiger partial charge in [-0.3, -0.25) is 4.79 Å². The third-order valence-electron chi connectivity index (χ3n) is 3.10. The Morgan fingerprint density at radius 3 is 2.42 bits per heavy atom. The lowest BCUT2D eigenvalue weighted by molar-refractivity contribution is -0.135. The number of likely N-dealkylation sites (N-methyl/N-ethyl adjacent to an activating group) is 1.